The molecule has 3 heteroatoms. The second-order valence-electron chi connectivity index (χ2n) is 2.98. The second-order valence-corrected chi connectivity index (χ2v) is 2.98. The molecule has 1 unspecified atom stereocenters. The van der Waals surface area contributed by atoms with Crippen LogP contribution in [-0.2, 0) is 0 Å². The van der Waals surface area contributed by atoms with Gasteiger partial charge < -0.3 is 16.2 Å². The SMILES string of the molecule is CCC(N)c1c(N)cccc1OC. The van der Waals surface area contributed by atoms with Gasteiger partial charge in [0.05, 0.1) is 7.11 Å². The van der Waals surface area contributed by atoms with E-state index in [9.17, 15) is 0 Å². The minimum atomic E-state index is -0.0452. The van der Waals surface area contributed by atoms with Crippen LogP contribution in [0.25, 0.3) is 0 Å². The Morgan fingerprint density at radius 1 is 1.46 bits per heavy atom. The Hall–Kier alpha value is -1.22. The molecule has 1 aromatic carbocycles. The van der Waals surface area contributed by atoms with Gasteiger partial charge in [-0.25, -0.2) is 0 Å². The second kappa shape index (κ2) is 4.14. The highest BCUT2D eigenvalue weighted by Crippen LogP contribution is 2.30. The van der Waals surface area contributed by atoms with Crippen LogP contribution in [0.1, 0.15) is 24.9 Å². The summed E-state index contributed by atoms with van der Waals surface area (Å²) in [5.74, 6) is 0.773. The van der Waals surface area contributed by atoms with Crippen molar-refractivity contribution in [3.05, 3.63) is 23.8 Å². The van der Waals surface area contributed by atoms with Crippen LogP contribution in [-0.4, -0.2) is 7.11 Å². The number of methoxy groups -OCH3 is 1. The van der Waals surface area contributed by atoms with Crippen LogP contribution >= 0.6 is 0 Å². The molecule has 0 aliphatic carbocycles. The number of benzene rings is 1. The summed E-state index contributed by atoms with van der Waals surface area (Å²) in [5, 5.41) is 0. The fourth-order valence-electron chi connectivity index (χ4n) is 1.34. The molecule has 0 heterocycles. The highest BCUT2D eigenvalue weighted by molar-refractivity contribution is 5.55. The highest BCUT2D eigenvalue weighted by Gasteiger charge is 2.12. The van der Waals surface area contributed by atoms with Gasteiger partial charge in [0.15, 0.2) is 0 Å². The van der Waals surface area contributed by atoms with Gasteiger partial charge in [-0.05, 0) is 18.6 Å². The predicted octanol–water partition coefficient (Wildman–Crippen LogP) is 1.69. The molecule has 0 spiro atoms. The van der Waals surface area contributed by atoms with Crippen molar-refractivity contribution in [1.82, 2.24) is 0 Å². The lowest BCUT2D eigenvalue weighted by Gasteiger charge is -2.15. The molecule has 13 heavy (non-hydrogen) atoms. The molecule has 0 aliphatic rings. The first-order chi connectivity index (χ1) is 6.20. The van der Waals surface area contributed by atoms with E-state index in [4.69, 9.17) is 16.2 Å². The van der Waals surface area contributed by atoms with Gasteiger partial charge in [0.25, 0.3) is 0 Å². The quantitative estimate of drug-likeness (QED) is 0.696. The zero-order valence-corrected chi connectivity index (χ0v) is 8.08. The van der Waals surface area contributed by atoms with Crippen molar-refractivity contribution in [3.8, 4) is 5.75 Å². The Balaban J connectivity index is 3.14. The van der Waals surface area contributed by atoms with E-state index in [-0.39, 0.29) is 6.04 Å². The van der Waals surface area contributed by atoms with Gasteiger partial charge in [0, 0.05) is 17.3 Å². The average molecular weight is 180 g/mol. The first-order valence-electron chi connectivity index (χ1n) is 4.38. The number of nitrogens with two attached hydrogens (primary N) is 2. The number of anilines is 1. The van der Waals surface area contributed by atoms with Crippen molar-refractivity contribution < 1.29 is 4.74 Å². The molecule has 3 nitrogen and oxygen atoms in total. The Morgan fingerprint density at radius 3 is 2.69 bits per heavy atom. The van der Waals surface area contributed by atoms with Crippen molar-refractivity contribution in [2.24, 2.45) is 5.73 Å². The van der Waals surface area contributed by atoms with Crippen LogP contribution in [0.4, 0.5) is 5.69 Å². The molecular weight excluding hydrogens is 164 g/mol. The number of ether oxygens (including phenoxy) is 1. The Morgan fingerprint density at radius 2 is 2.15 bits per heavy atom. The minimum Gasteiger partial charge on any atom is -0.496 e. The van der Waals surface area contributed by atoms with E-state index in [1.807, 2.05) is 25.1 Å². The van der Waals surface area contributed by atoms with Crippen molar-refractivity contribution in [1.29, 1.82) is 0 Å². The van der Waals surface area contributed by atoms with E-state index in [0.29, 0.717) is 5.69 Å². The molecule has 1 aromatic rings. The summed E-state index contributed by atoms with van der Waals surface area (Å²) in [6, 6.07) is 5.53. The summed E-state index contributed by atoms with van der Waals surface area (Å²) in [6.07, 6.45) is 0.852. The van der Waals surface area contributed by atoms with Gasteiger partial charge in [-0.2, -0.15) is 0 Å². The van der Waals surface area contributed by atoms with Crippen LogP contribution in [0, 0.1) is 0 Å². The molecule has 0 fully saturated rings. The van der Waals surface area contributed by atoms with E-state index in [2.05, 4.69) is 0 Å². The minimum absolute atomic E-state index is 0.0452. The molecule has 4 N–H and O–H groups in total. The molecular formula is C10H16N2O. The van der Waals surface area contributed by atoms with Gasteiger partial charge in [-0.15, -0.1) is 0 Å². The van der Waals surface area contributed by atoms with Gasteiger partial charge >= 0.3 is 0 Å². The first-order valence-corrected chi connectivity index (χ1v) is 4.38. The normalized spacial score (nSPS) is 12.5. The summed E-state index contributed by atoms with van der Waals surface area (Å²) in [5.41, 5.74) is 13.3. The van der Waals surface area contributed by atoms with Crippen molar-refractivity contribution in [2.45, 2.75) is 19.4 Å². The van der Waals surface area contributed by atoms with Gasteiger partial charge in [0.1, 0.15) is 5.75 Å². The molecule has 72 valence electrons. The third-order valence-electron chi connectivity index (χ3n) is 2.13. The lowest BCUT2D eigenvalue weighted by Crippen LogP contribution is -2.12. The molecule has 0 saturated carbocycles. The number of hydrogen-bond acceptors (Lipinski definition) is 3. The summed E-state index contributed by atoms with van der Waals surface area (Å²) < 4.78 is 5.19. The first kappa shape index (κ1) is 9.86. The summed E-state index contributed by atoms with van der Waals surface area (Å²) in [4.78, 5) is 0. The van der Waals surface area contributed by atoms with Crippen molar-refractivity contribution in [2.75, 3.05) is 12.8 Å². The van der Waals surface area contributed by atoms with Crippen molar-refractivity contribution in [3.63, 3.8) is 0 Å². The molecule has 0 aliphatic heterocycles. The van der Waals surface area contributed by atoms with Crippen molar-refractivity contribution >= 4 is 5.69 Å². The Labute approximate surface area is 78.7 Å². The Bertz CT molecular complexity index is 286. The van der Waals surface area contributed by atoms with E-state index < -0.39 is 0 Å². The molecule has 1 atom stereocenters. The fourth-order valence-corrected chi connectivity index (χ4v) is 1.34. The Kier molecular flexibility index (Phi) is 3.14. The molecule has 0 aromatic heterocycles. The fraction of sp³-hybridized carbons (Fsp3) is 0.400. The molecule has 0 bridgehead atoms. The molecule has 1 rings (SSSR count). The summed E-state index contributed by atoms with van der Waals surface area (Å²) in [7, 11) is 1.63. The van der Waals surface area contributed by atoms with E-state index in [0.717, 1.165) is 17.7 Å². The number of nitrogen functional groups attached to an aromatic ring is 1. The monoisotopic (exact) mass is 180 g/mol. The molecule has 0 radical (unpaired) electrons. The van der Waals surface area contributed by atoms with Crippen LogP contribution in [0.3, 0.4) is 0 Å². The zero-order valence-electron chi connectivity index (χ0n) is 8.08. The number of rotatable bonds is 3. The highest BCUT2D eigenvalue weighted by atomic mass is 16.5. The van der Waals surface area contributed by atoms with E-state index in [1.54, 1.807) is 7.11 Å². The average Bonchev–Trinajstić information content (AvgIpc) is 2.16. The smallest absolute Gasteiger partial charge is 0.125 e. The predicted molar refractivity (Wildman–Crippen MR) is 54.6 cm³/mol. The van der Waals surface area contributed by atoms with Crippen LogP contribution in [0.15, 0.2) is 18.2 Å². The third kappa shape index (κ3) is 1.92. The maximum atomic E-state index is 5.91. The van der Waals surface area contributed by atoms with E-state index in [1.165, 1.54) is 0 Å². The maximum absolute atomic E-state index is 5.91. The van der Waals surface area contributed by atoms with Crippen LogP contribution in [0.2, 0.25) is 0 Å². The largest absolute Gasteiger partial charge is 0.496 e. The van der Waals surface area contributed by atoms with Crippen LogP contribution in [0.5, 0.6) is 5.75 Å². The van der Waals surface area contributed by atoms with Gasteiger partial charge in [-0.1, -0.05) is 13.0 Å². The van der Waals surface area contributed by atoms with E-state index >= 15 is 0 Å². The molecule has 0 amide bonds. The third-order valence-corrected chi connectivity index (χ3v) is 2.13. The zero-order chi connectivity index (χ0) is 9.84. The summed E-state index contributed by atoms with van der Waals surface area (Å²) in [6.45, 7) is 2.02. The number of hydrogen-bond donors (Lipinski definition) is 2. The lowest BCUT2D eigenvalue weighted by molar-refractivity contribution is 0.405. The molecule has 0 saturated heterocycles. The standard InChI is InChI=1S/C10H16N2O/c1-3-7(11)10-8(12)5-4-6-9(10)13-2/h4-7H,3,11-12H2,1-2H3. The lowest BCUT2D eigenvalue weighted by atomic mass is 10.0. The maximum Gasteiger partial charge on any atom is 0.125 e. The topological polar surface area (TPSA) is 61.3 Å². The van der Waals surface area contributed by atoms with Gasteiger partial charge in [-0.3, -0.25) is 0 Å². The summed E-state index contributed by atoms with van der Waals surface area (Å²) >= 11 is 0. The van der Waals surface area contributed by atoms with Crippen LogP contribution < -0.4 is 16.2 Å². The van der Waals surface area contributed by atoms with Gasteiger partial charge in [0.2, 0.25) is 0 Å².